The maximum Gasteiger partial charge on any atom is 0.230 e. The van der Waals surface area contributed by atoms with Gasteiger partial charge >= 0.3 is 0 Å². The van der Waals surface area contributed by atoms with Crippen LogP contribution in [0.5, 0.6) is 0 Å². The maximum atomic E-state index is 13.6. The summed E-state index contributed by atoms with van der Waals surface area (Å²) in [4.78, 5) is 21.5. The minimum Gasteiger partial charge on any atom is -0.361 e. The number of carbonyl (C=O) groups excluding carboxylic acids is 1. The van der Waals surface area contributed by atoms with Crippen molar-refractivity contribution < 1.29 is 13.7 Å². The Balaban J connectivity index is 1.45. The van der Waals surface area contributed by atoms with Gasteiger partial charge in [0, 0.05) is 16.5 Å². The van der Waals surface area contributed by atoms with Crippen LogP contribution in [0.15, 0.2) is 53.4 Å². The van der Waals surface area contributed by atoms with Crippen LogP contribution in [-0.4, -0.2) is 35.2 Å². The molecule has 1 aliphatic carbocycles. The van der Waals surface area contributed by atoms with E-state index in [1.807, 2.05) is 44.4 Å². The van der Waals surface area contributed by atoms with Gasteiger partial charge in [-0.2, -0.15) is 5.10 Å². The van der Waals surface area contributed by atoms with E-state index >= 15 is 0 Å². The molecule has 0 radical (unpaired) electrons. The first-order valence-electron chi connectivity index (χ1n) is 11.2. The topological polar surface area (TPSA) is 103 Å². The van der Waals surface area contributed by atoms with Crippen molar-refractivity contribution in [3.8, 4) is 22.6 Å². The molecule has 0 saturated heterocycles. The first-order chi connectivity index (χ1) is 16.7. The van der Waals surface area contributed by atoms with E-state index in [4.69, 9.17) is 9.62 Å². The Labute approximate surface area is 199 Å². The van der Waals surface area contributed by atoms with Gasteiger partial charge in [-0.05, 0) is 43.3 Å². The smallest absolute Gasteiger partial charge is 0.230 e. The van der Waals surface area contributed by atoms with E-state index in [1.54, 1.807) is 29.2 Å². The lowest BCUT2D eigenvalue weighted by molar-refractivity contribution is -0.123. The van der Waals surface area contributed by atoms with Crippen molar-refractivity contribution in [1.82, 2.24) is 29.3 Å². The summed E-state index contributed by atoms with van der Waals surface area (Å²) in [6.07, 6.45) is 3.42. The Bertz CT molecular complexity index is 1610. The normalized spacial score (nSPS) is 14.8. The molecule has 0 fully saturated rings. The molecule has 1 N–H and O–H groups in total. The molecule has 0 spiro atoms. The Morgan fingerprint density at radius 2 is 1.91 bits per heavy atom. The van der Waals surface area contributed by atoms with Gasteiger partial charge in [-0.3, -0.25) is 4.79 Å². The zero-order valence-corrected chi connectivity index (χ0v) is 19.6. The number of carbonyl (C=O) groups is 1. The number of benzene rings is 1. The van der Waals surface area contributed by atoms with Crippen LogP contribution in [0.4, 0.5) is 10.2 Å². The third-order valence-corrected chi connectivity index (χ3v) is 6.06. The van der Waals surface area contributed by atoms with Gasteiger partial charge in [0.1, 0.15) is 29.0 Å². The van der Waals surface area contributed by atoms with Gasteiger partial charge in [0.15, 0.2) is 11.5 Å². The van der Waals surface area contributed by atoms with Crippen molar-refractivity contribution in [3.63, 3.8) is 0 Å². The van der Waals surface area contributed by atoms with Crippen molar-refractivity contribution in [2.24, 2.45) is 5.41 Å². The standard InChI is InChI=1S/C25H22FN7O2/c1-13-19-21(31-35-13)23(19)32-12-27-20(14-5-7-15(26)8-6-14)22(32)16-9-10-18-28-17(11-33(18)30-16)29-24(34)25(2,3)4/h5-12,23H,1-4H3,(H,29,34). The molecule has 0 aliphatic heterocycles. The van der Waals surface area contributed by atoms with Gasteiger partial charge in [0.05, 0.1) is 23.9 Å². The SMILES string of the molecule is Cc1onc2c1C2n1cnc(-c2ccc(F)cc2)c1-c1ccc2nc(NC(=O)C(C)(C)C)cn2n1. The number of halogens is 1. The zero-order valence-electron chi connectivity index (χ0n) is 19.6. The quantitative estimate of drug-likeness (QED) is 0.402. The number of aryl methyl sites for hydroxylation is 1. The Morgan fingerprint density at radius 1 is 1.14 bits per heavy atom. The van der Waals surface area contributed by atoms with Crippen LogP contribution in [0.3, 0.4) is 0 Å². The number of nitrogens with one attached hydrogen (secondary N) is 1. The molecule has 6 rings (SSSR count). The number of anilines is 1. The average molecular weight is 471 g/mol. The van der Waals surface area contributed by atoms with Gasteiger partial charge in [-0.15, -0.1) is 0 Å². The highest BCUT2D eigenvalue weighted by molar-refractivity contribution is 5.94. The first kappa shape index (κ1) is 21.2. The molecule has 0 saturated carbocycles. The lowest BCUT2D eigenvalue weighted by atomic mass is 9.96. The number of hydrogen-bond acceptors (Lipinski definition) is 6. The summed E-state index contributed by atoms with van der Waals surface area (Å²) in [5, 5.41) is 11.8. The van der Waals surface area contributed by atoms with Crippen LogP contribution in [-0.2, 0) is 4.79 Å². The fourth-order valence-corrected chi connectivity index (χ4v) is 4.11. The highest BCUT2D eigenvalue weighted by atomic mass is 19.1. The Hall–Kier alpha value is -4.34. The Kier molecular flexibility index (Phi) is 4.44. The minimum absolute atomic E-state index is 0.0811. The first-order valence-corrected chi connectivity index (χ1v) is 11.2. The second kappa shape index (κ2) is 7.33. The number of imidazole rings is 2. The molecule has 10 heteroatoms. The molecular weight excluding hydrogens is 449 g/mol. The monoisotopic (exact) mass is 471 g/mol. The van der Waals surface area contributed by atoms with Crippen LogP contribution >= 0.6 is 0 Å². The highest BCUT2D eigenvalue weighted by Crippen LogP contribution is 2.48. The molecule has 1 atom stereocenters. The third kappa shape index (κ3) is 3.49. The van der Waals surface area contributed by atoms with E-state index in [9.17, 15) is 9.18 Å². The number of fused-ring (bicyclic) bond motifs is 2. The molecule has 1 aromatic carbocycles. The summed E-state index contributed by atoms with van der Waals surface area (Å²) in [6, 6.07) is 9.81. The molecule has 1 aliphatic rings. The molecule has 5 aromatic rings. The van der Waals surface area contributed by atoms with Gasteiger partial charge in [0.2, 0.25) is 5.91 Å². The second-order valence-corrected chi connectivity index (χ2v) is 9.65. The predicted molar refractivity (Wildman–Crippen MR) is 126 cm³/mol. The van der Waals surface area contributed by atoms with Crippen LogP contribution < -0.4 is 5.32 Å². The van der Waals surface area contributed by atoms with Crippen LogP contribution in [0.1, 0.15) is 43.8 Å². The number of rotatable bonds is 4. The number of nitrogens with zero attached hydrogens (tertiary/aromatic N) is 6. The molecule has 0 bridgehead atoms. The predicted octanol–water partition coefficient (Wildman–Crippen LogP) is 4.63. The van der Waals surface area contributed by atoms with E-state index < -0.39 is 5.41 Å². The molecular formula is C25H22FN7O2. The van der Waals surface area contributed by atoms with E-state index in [-0.39, 0.29) is 17.8 Å². The second-order valence-electron chi connectivity index (χ2n) is 9.65. The summed E-state index contributed by atoms with van der Waals surface area (Å²) in [6.45, 7) is 7.40. The molecule has 176 valence electrons. The number of amides is 1. The summed E-state index contributed by atoms with van der Waals surface area (Å²) in [5.41, 5.74) is 4.77. The largest absolute Gasteiger partial charge is 0.361 e. The lowest BCUT2D eigenvalue weighted by Crippen LogP contribution is -2.27. The number of hydrogen-bond donors (Lipinski definition) is 1. The van der Waals surface area contributed by atoms with Crippen molar-refractivity contribution in [1.29, 1.82) is 0 Å². The maximum absolute atomic E-state index is 13.6. The molecule has 4 heterocycles. The van der Waals surface area contributed by atoms with Crippen LogP contribution in [0.25, 0.3) is 28.3 Å². The molecule has 1 amide bonds. The summed E-state index contributed by atoms with van der Waals surface area (Å²) in [5.74, 6) is 0.738. The van der Waals surface area contributed by atoms with E-state index in [2.05, 4.69) is 20.4 Å². The van der Waals surface area contributed by atoms with Crippen molar-refractivity contribution in [3.05, 3.63) is 71.8 Å². The summed E-state index contributed by atoms with van der Waals surface area (Å²) in [7, 11) is 0. The molecule has 35 heavy (non-hydrogen) atoms. The average Bonchev–Trinajstić information content (AvgIpc) is 3.10. The third-order valence-electron chi connectivity index (χ3n) is 6.06. The van der Waals surface area contributed by atoms with Crippen LogP contribution in [0.2, 0.25) is 0 Å². The van der Waals surface area contributed by atoms with Gasteiger partial charge in [-0.1, -0.05) is 25.9 Å². The number of aromatic nitrogens is 6. The zero-order chi connectivity index (χ0) is 24.5. The van der Waals surface area contributed by atoms with Gasteiger partial charge in [-0.25, -0.2) is 18.9 Å². The fourth-order valence-electron chi connectivity index (χ4n) is 4.11. The van der Waals surface area contributed by atoms with Crippen molar-refractivity contribution in [2.75, 3.05) is 5.32 Å². The lowest BCUT2D eigenvalue weighted by Gasteiger charge is -2.15. The van der Waals surface area contributed by atoms with Gasteiger partial charge in [0.25, 0.3) is 0 Å². The summed E-state index contributed by atoms with van der Waals surface area (Å²) >= 11 is 0. The molecule has 4 aromatic heterocycles. The molecule has 1 unspecified atom stereocenters. The van der Waals surface area contributed by atoms with Crippen molar-refractivity contribution >= 4 is 17.4 Å². The fraction of sp³-hybridized carbons (Fsp3) is 0.240. The highest BCUT2D eigenvalue weighted by Gasteiger charge is 2.44. The minimum atomic E-state index is -0.549. The Morgan fingerprint density at radius 3 is 2.60 bits per heavy atom. The summed E-state index contributed by atoms with van der Waals surface area (Å²) < 4.78 is 22.5. The van der Waals surface area contributed by atoms with E-state index in [0.29, 0.717) is 22.9 Å². The van der Waals surface area contributed by atoms with E-state index in [0.717, 1.165) is 28.3 Å². The van der Waals surface area contributed by atoms with Gasteiger partial charge < -0.3 is 14.4 Å². The van der Waals surface area contributed by atoms with Crippen molar-refractivity contribution in [2.45, 2.75) is 33.7 Å². The van der Waals surface area contributed by atoms with Crippen LogP contribution in [0, 0.1) is 18.2 Å². The van der Waals surface area contributed by atoms with E-state index in [1.165, 1.54) is 12.1 Å². The molecule has 9 nitrogen and oxygen atoms in total.